The highest BCUT2D eigenvalue weighted by Crippen LogP contribution is 2.21. The van der Waals surface area contributed by atoms with Crippen LogP contribution in [0.3, 0.4) is 0 Å². The number of carbonyl (C=O) groups is 1. The van der Waals surface area contributed by atoms with Crippen LogP contribution in [0.2, 0.25) is 0 Å². The molecule has 110 valence electrons. The lowest BCUT2D eigenvalue weighted by Crippen LogP contribution is -2.48. The predicted octanol–water partition coefficient (Wildman–Crippen LogP) is 1.31. The van der Waals surface area contributed by atoms with Crippen LogP contribution in [0.25, 0.3) is 0 Å². The Labute approximate surface area is 127 Å². The molecule has 0 spiro atoms. The van der Waals surface area contributed by atoms with Crippen LogP contribution in [0.5, 0.6) is 0 Å². The third-order valence-electron chi connectivity index (χ3n) is 3.17. The molecule has 1 atom stereocenters. The van der Waals surface area contributed by atoms with Crippen molar-refractivity contribution in [2.24, 2.45) is 0 Å². The van der Waals surface area contributed by atoms with E-state index in [1.807, 2.05) is 31.3 Å². The smallest absolute Gasteiger partial charge is 0.238 e. The minimum atomic E-state index is 0.00186. The number of halogens is 1. The molecular weight excluding hydrogens is 322 g/mol. The lowest BCUT2D eigenvalue weighted by atomic mass is 10.2. The van der Waals surface area contributed by atoms with Crippen molar-refractivity contribution in [1.29, 1.82) is 0 Å². The number of likely N-dealkylation sites (N-methyl/N-ethyl adjacent to an activating group) is 1. The van der Waals surface area contributed by atoms with E-state index in [-0.39, 0.29) is 12.0 Å². The zero-order valence-electron chi connectivity index (χ0n) is 11.6. The first-order valence-electron chi connectivity index (χ1n) is 6.72. The van der Waals surface area contributed by atoms with Crippen LogP contribution < -0.4 is 10.6 Å². The normalized spacial score (nSPS) is 19.8. The number of rotatable bonds is 5. The standard InChI is InChI=1S/C14H20BrN3O2/c1-16-8-11-9-18(6-7-20-11)10-14(19)17-13-5-3-2-4-12(13)15/h2-5,11,16H,6-10H2,1H3,(H,17,19). The summed E-state index contributed by atoms with van der Waals surface area (Å²) in [5.41, 5.74) is 0.803. The van der Waals surface area contributed by atoms with E-state index < -0.39 is 0 Å². The van der Waals surface area contributed by atoms with E-state index in [9.17, 15) is 4.79 Å². The summed E-state index contributed by atoms with van der Waals surface area (Å²) in [6, 6.07) is 7.61. The number of nitrogens with zero attached hydrogens (tertiary/aromatic N) is 1. The zero-order valence-corrected chi connectivity index (χ0v) is 13.1. The summed E-state index contributed by atoms with van der Waals surface area (Å²) in [7, 11) is 1.90. The first-order chi connectivity index (χ1) is 9.69. The number of para-hydroxylation sites is 1. The van der Waals surface area contributed by atoms with Gasteiger partial charge in [0.15, 0.2) is 0 Å². The molecule has 0 bridgehead atoms. The molecule has 0 aliphatic carbocycles. The summed E-state index contributed by atoms with van der Waals surface area (Å²) in [5.74, 6) is 0.00186. The number of benzene rings is 1. The highest BCUT2D eigenvalue weighted by atomic mass is 79.9. The van der Waals surface area contributed by atoms with Crippen molar-refractivity contribution < 1.29 is 9.53 Å². The van der Waals surface area contributed by atoms with Crippen molar-refractivity contribution in [3.8, 4) is 0 Å². The Morgan fingerprint density at radius 2 is 2.30 bits per heavy atom. The number of hydrogen-bond acceptors (Lipinski definition) is 4. The summed E-state index contributed by atoms with van der Waals surface area (Å²) >= 11 is 3.42. The van der Waals surface area contributed by atoms with Crippen molar-refractivity contribution >= 4 is 27.5 Å². The Hall–Kier alpha value is -0.950. The second kappa shape index (κ2) is 7.73. The minimum absolute atomic E-state index is 0.00186. The van der Waals surface area contributed by atoms with E-state index in [0.29, 0.717) is 13.2 Å². The molecule has 0 aromatic heterocycles. The fraction of sp³-hybridized carbons (Fsp3) is 0.500. The van der Waals surface area contributed by atoms with Gasteiger partial charge in [-0.1, -0.05) is 12.1 Å². The molecule has 1 aliphatic rings. The zero-order chi connectivity index (χ0) is 14.4. The Balaban J connectivity index is 1.84. The number of amides is 1. The molecule has 1 heterocycles. The fourth-order valence-electron chi connectivity index (χ4n) is 2.23. The number of nitrogens with one attached hydrogen (secondary N) is 2. The molecule has 0 saturated carbocycles. The van der Waals surface area contributed by atoms with Gasteiger partial charge in [-0.2, -0.15) is 0 Å². The van der Waals surface area contributed by atoms with Gasteiger partial charge in [-0.15, -0.1) is 0 Å². The third kappa shape index (κ3) is 4.56. The van der Waals surface area contributed by atoms with Crippen LogP contribution >= 0.6 is 15.9 Å². The highest BCUT2D eigenvalue weighted by Gasteiger charge is 2.21. The van der Waals surface area contributed by atoms with Crippen LogP contribution in [0.1, 0.15) is 0 Å². The monoisotopic (exact) mass is 341 g/mol. The number of morpholine rings is 1. The largest absolute Gasteiger partial charge is 0.374 e. The lowest BCUT2D eigenvalue weighted by molar-refractivity contribution is -0.119. The molecule has 6 heteroatoms. The van der Waals surface area contributed by atoms with Gasteiger partial charge in [-0.25, -0.2) is 0 Å². The highest BCUT2D eigenvalue weighted by molar-refractivity contribution is 9.10. The summed E-state index contributed by atoms with van der Waals surface area (Å²) in [6.45, 7) is 3.45. The maximum atomic E-state index is 12.1. The van der Waals surface area contributed by atoms with Gasteiger partial charge in [0.1, 0.15) is 0 Å². The molecule has 2 rings (SSSR count). The molecule has 1 aliphatic heterocycles. The summed E-state index contributed by atoms with van der Waals surface area (Å²) in [5, 5.41) is 6.02. The second-order valence-corrected chi connectivity index (χ2v) is 5.67. The Kier molecular flexibility index (Phi) is 5.97. The van der Waals surface area contributed by atoms with Crippen LogP contribution in [-0.2, 0) is 9.53 Å². The Morgan fingerprint density at radius 3 is 3.05 bits per heavy atom. The van der Waals surface area contributed by atoms with Crippen molar-refractivity contribution in [1.82, 2.24) is 10.2 Å². The molecule has 1 aromatic carbocycles. The average Bonchev–Trinajstić information content (AvgIpc) is 2.42. The molecule has 1 aromatic rings. The van der Waals surface area contributed by atoms with E-state index in [0.717, 1.165) is 29.8 Å². The van der Waals surface area contributed by atoms with Crippen molar-refractivity contribution in [3.63, 3.8) is 0 Å². The quantitative estimate of drug-likeness (QED) is 0.847. The van der Waals surface area contributed by atoms with Gasteiger partial charge < -0.3 is 15.4 Å². The maximum absolute atomic E-state index is 12.1. The van der Waals surface area contributed by atoms with E-state index in [2.05, 4.69) is 31.5 Å². The summed E-state index contributed by atoms with van der Waals surface area (Å²) in [6.07, 6.45) is 0.157. The number of anilines is 1. The molecule has 1 saturated heterocycles. The minimum Gasteiger partial charge on any atom is -0.374 e. The van der Waals surface area contributed by atoms with Gasteiger partial charge in [0, 0.05) is 24.1 Å². The predicted molar refractivity (Wildman–Crippen MR) is 82.9 cm³/mol. The third-order valence-corrected chi connectivity index (χ3v) is 3.86. The Morgan fingerprint density at radius 1 is 1.50 bits per heavy atom. The molecular formula is C14H20BrN3O2. The molecule has 1 amide bonds. The first kappa shape index (κ1) is 15.4. The van der Waals surface area contributed by atoms with Crippen molar-refractivity contribution in [2.75, 3.05) is 45.2 Å². The first-order valence-corrected chi connectivity index (χ1v) is 7.51. The summed E-state index contributed by atoms with van der Waals surface area (Å²) in [4.78, 5) is 14.2. The second-order valence-electron chi connectivity index (χ2n) is 4.81. The molecule has 1 fully saturated rings. The van der Waals surface area contributed by atoms with Crippen LogP contribution in [0.4, 0.5) is 5.69 Å². The van der Waals surface area contributed by atoms with Crippen molar-refractivity contribution in [2.45, 2.75) is 6.10 Å². The van der Waals surface area contributed by atoms with Crippen LogP contribution in [-0.4, -0.2) is 56.7 Å². The number of hydrogen-bond donors (Lipinski definition) is 2. The van der Waals surface area contributed by atoms with Crippen molar-refractivity contribution in [3.05, 3.63) is 28.7 Å². The molecule has 0 radical (unpaired) electrons. The molecule has 20 heavy (non-hydrogen) atoms. The molecule has 5 nitrogen and oxygen atoms in total. The molecule has 2 N–H and O–H groups in total. The van der Waals surface area contributed by atoms with Gasteiger partial charge in [0.2, 0.25) is 5.91 Å². The van der Waals surface area contributed by atoms with Gasteiger partial charge in [0.05, 0.1) is 24.9 Å². The summed E-state index contributed by atoms with van der Waals surface area (Å²) < 4.78 is 6.52. The van der Waals surface area contributed by atoms with E-state index >= 15 is 0 Å². The van der Waals surface area contributed by atoms with E-state index in [4.69, 9.17) is 4.74 Å². The van der Waals surface area contributed by atoms with Gasteiger partial charge in [-0.3, -0.25) is 9.69 Å². The van der Waals surface area contributed by atoms with Gasteiger partial charge in [0.25, 0.3) is 0 Å². The Bertz CT molecular complexity index is 454. The van der Waals surface area contributed by atoms with Gasteiger partial charge in [-0.05, 0) is 35.1 Å². The van der Waals surface area contributed by atoms with E-state index in [1.165, 1.54) is 0 Å². The van der Waals surface area contributed by atoms with E-state index in [1.54, 1.807) is 0 Å². The maximum Gasteiger partial charge on any atom is 0.238 e. The number of carbonyl (C=O) groups excluding carboxylic acids is 1. The lowest BCUT2D eigenvalue weighted by Gasteiger charge is -2.32. The molecule has 1 unspecified atom stereocenters. The number of ether oxygens (including phenoxy) is 1. The van der Waals surface area contributed by atoms with Crippen LogP contribution in [0, 0.1) is 0 Å². The SMILES string of the molecule is CNCC1CN(CC(=O)Nc2ccccc2Br)CCO1. The fourth-order valence-corrected chi connectivity index (χ4v) is 2.61. The van der Waals surface area contributed by atoms with Gasteiger partial charge >= 0.3 is 0 Å². The average molecular weight is 342 g/mol. The van der Waals surface area contributed by atoms with Crippen LogP contribution in [0.15, 0.2) is 28.7 Å². The topological polar surface area (TPSA) is 53.6 Å².